The van der Waals surface area contributed by atoms with Crippen molar-refractivity contribution in [2.45, 2.75) is 24.4 Å². The maximum Gasteiger partial charge on any atom is 0.441 e. The molecule has 1 saturated heterocycles. The van der Waals surface area contributed by atoms with Gasteiger partial charge in [-0.05, 0) is 24.6 Å². The Bertz CT molecular complexity index is 325. The molecule has 1 unspecified atom stereocenters. The third kappa shape index (κ3) is 4.63. The minimum atomic E-state index is -4.32. The molecule has 18 heavy (non-hydrogen) atoms. The lowest BCUT2D eigenvalue weighted by atomic mass is 10.2. The monoisotopic (exact) mass is 286 g/mol. The van der Waals surface area contributed by atoms with Gasteiger partial charge in [-0.25, -0.2) is 9.59 Å². The van der Waals surface area contributed by atoms with Gasteiger partial charge in [-0.15, -0.1) is 0 Å². The topological polar surface area (TPSA) is 69.6 Å². The van der Waals surface area contributed by atoms with E-state index >= 15 is 0 Å². The van der Waals surface area contributed by atoms with Gasteiger partial charge in [-0.2, -0.15) is 13.2 Å². The lowest BCUT2D eigenvalue weighted by Crippen LogP contribution is -2.46. The third-order valence-corrected chi connectivity index (χ3v) is 3.18. The van der Waals surface area contributed by atoms with Crippen LogP contribution in [0, 0.1) is 0 Å². The van der Waals surface area contributed by atoms with Crippen molar-refractivity contribution in [1.29, 1.82) is 0 Å². The SMILES string of the molecule is O=C(O)C1CCCN1C(=O)NCCSC(F)(F)F. The average Bonchev–Trinajstić information content (AvgIpc) is 2.71. The van der Waals surface area contributed by atoms with Crippen LogP contribution < -0.4 is 5.32 Å². The van der Waals surface area contributed by atoms with Crippen molar-refractivity contribution in [3.05, 3.63) is 0 Å². The zero-order valence-electron chi connectivity index (χ0n) is 9.37. The highest BCUT2D eigenvalue weighted by Gasteiger charge is 2.34. The number of carbonyl (C=O) groups is 2. The Hall–Kier alpha value is -1.12. The summed E-state index contributed by atoms with van der Waals surface area (Å²) in [4.78, 5) is 23.5. The van der Waals surface area contributed by atoms with Crippen LogP contribution in [-0.4, -0.2) is 52.4 Å². The molecule has 104 valence electrons. The minimum Gasteiger partial charge on any atom is -0.480 e. The van der Waals surface area contributed by atoms with Crippen LogP contribution in [0.1, 0.15) is 12.8 Å². The van der Waals surface area contributed by atoms with Crippen LogP contribution in [-0.2, 0) is 4.79 Å². The fraction of sp³-hybridized carbons (Fsp3) is 0.778. The number of carboxylic acid groups (broad SMARTS) is 1. The second-order valence-electron chi connectivity index (χ2n) is 3.72. The number of rotatable bonds is 4. The Morgan fingerprint density at radius 1 is 1.44 bits per heavy atom. The smallest absolute Gasteiger partial charge is 0.441 e. The van der Waals surface area contributed by atoms with Crippen molar-refractivity contribution in [1.82, 2.24) is 10.2 Å². The molecule has 0 bridgehead atoms. The number of aliphatic carboxylic acids is 1. The number of urea groups is 1. The van der Waals surface area contributed by atoms with Crippen LogP contribution >= 0.6 is 11.8 Å². The zero-order valence-corrected chi connectivity index (χ0v) is 10.2. The maximum absolute atomic E-state index is 11.8. The Morgan fingerprint density at radius 2 is 2.11 bits per heavy atom. The standard InChI is InChI=1S/C9H13F3N2O3S/c10-9(11,12)18-5-3-13-8(17)14-4-1-2-6(14)7(15)16/h6H,1-5H2,(H,13,17)(H,15,16). The van der Waals surface area contributed by atoms with E-state index in [1.54, 1.807) is 0 Å². The molecule has 1 rings (SSSR count). The Balaban J connectivity index is 2.30. The predicted molar refractivity (Wildman–Crippen MR) is 59.3 cm³/mol. The molecule has 0 aromatic heterocycles. The fourth-order valence-corrected chi connectivity index (χ4v) is 2.13. The summed E-state index contributed by atoms with van der Waals surface area (Å²) in [6.45, 7) is 0.168. The van der Waals surface area contributed by atoms with Crippen molar-refractivity contribution in [3.63, 3.8) is 0 Å². The number of carbonyl (C=O) groups excluding carboxylic acids is 1. The van der Waals surface area contributed by atoms with Crippen molar-refractivity contribution >= 4 is 23.8 Å². The van der Waals surface area contributed by atoms with Gasteiger partial charge in [0.05, 0.1) is 0 Å². The molecule has 9 heteroatoms. The molecular weight excluding hydrogens is 273 g/mol. The summed E-state index contributed by atoms with van der Waals surface area (Å²) in [6, 6.07) is -1.50. The van der Waals surface area contributed by atoms with E-state index in [0.717, 1.165) is 4.90 Å². The summed E-state index contributed by atoms with van der Waals surface area (Å²) in [5, 5.41) is 11.1. The van der Waals surface area contributed by atoms with Crippen LogP contribution in [0.5, 0.6) is 0 Å². The normalized spacial score (nSPS) is 19.9. The predicted octanol–water partition coefficient (Wildman–Crippen LogP) is 1.50. The van der Waals surface area contributed by atoms with Crippen LogP contribution in [0.25, 0.3) is 0 Å². The first-order valence-corrected chi connectivity index (χ1v) is 6.28. The third-order valence-electron chi connectivity index (χ3n) is 2.44. The van der Waals surface area contributed by atoms with Crippen LogP contribution in [0.15, 0.2) is 0 Å². The highest BCUT2D eigenvalue weighted by molar-refractivity contribution is 8.00. The second-order valence-corrected chi connectivity index (χ2v) is 4.88. The molecule has 0 spiro atoms. The van der Waals surface area contributed by atoms with Crippen molar-refractivity contribution in [2.24, 2.45) is 0 Å². The van der Waals surface area contributed by atoms with Crippen molar-refractivity contribution in [2.75, 3.05) is 18.8 Å². The van der Waals surface area contributed by atoms with E-state index in [1.807, 2.05) is 0 Å². The van der Waals surface area contributed by atoms with Crippen molar-refractivity contribution < 1.29 is 27.9 Å². The summed E-state index contributed by atoms with van der Waals surface area (Å²) >= 11 is -0.224. The second kappa shape index (κ2) is 6.17. The van der Waals surface area contributed by atoms with Gasteiger partial charge in [0.25, 0.3) is 0 Å². The van der Waals surface area contributed by atoms with Gasteiger partial charge in [0.1, 0.15) is 6.04 Å². The summed E-state index contributed by atoms with van der Waals surface area (Å²) in [5.74, 6) is -1.38. The molecule has 1 heterocycles. The van der Waals surface area contributed by atoms with E-state index in [4.69, 9.17) is 5.11 Å². The average molecular weight is 286 g/mol. The van der Waals surface area contributed by atoms with Crippen LogP contribution in [0.3, 0.4) is 0 Å². The minimum absolute atomic E-state index is 0.147. The number of amides is 2. The van der Waals surface area contributed by atoms with Gasteiger partial charge in [-0.1, -0.05) is 0 Å². The van der Waals surface area contributed by atoms with E-state index in [1.165, 1.54) is 0 Å². The van der Waals surface area contributed by atoms with E-state index in [9.17, 15) is 22.8 Å². The molecule has 2 amide bonds. The first-order valence-electron chi connectivity index (χ1n) is 5.29. The number of nitrogens with zero attached hydrogens (tertiary/aromatic N) is 1. The molecule has 1 aliphatic rings. The summed E-state index contributed by atoms with van der Waals surface area (Å²) in [7, 11) is 0. The number of carboxylic acids is 1. The van der Waals surface area contributed by atoms with Crippen LogP contribution in [0.4, 0.5) is 18.0 Å². The lowest BCUT2D eigenvalue weighted by molar-refractivity contribution is -0.141. The molecule has 5 nitrogen and oxygen atoms in total. The number of halogens is 3. The van der Waals surface area contributed by atoms with E-state index in [0.29, 0.717) is 19.4 Å². The van der Waals surface area contributed by atoms with Gasteiger partial charge < -0.3 is 15.3 Å². The van der Waals surface area contributed by atoms with E-state index in [-0.39, 0.29) is 24.1 Å². The van der Waals surface area contributed by atoms with Gasteiger partial charge in [-0.3, -0.25) is 0 Å². The van der Waals surface area contributed by atoms with E-state index < -0.39 is 23.6 Å². The highest BCUT2D eigenvalue weighted by Crippen LogP contribution is 2.29. The first-order chi connectivity index (χ1) is 8.31. The number of thioether (sulfide) groups is 1. The number of likely N-dealkylation sites (tertiary alicyclic amines) is 1. The number of nitrogens with one attached hydrogen (secondary N) is 1. The molecule has 1 atom stereocenters. The quantitative estimate of drug-likeness (QED) is 0.768. The van der Waals surface area contributed by atoms with E-state index in [2.05, 4.69) is 5.32 Å². The molecule has 0 aliphatic carbocycles. The number of hydrogen-bond acceptors (Lipinski definition) is 3. The molecule has 0 saturated carbocycles. The molecule has 1 aliphatic heterocycles. The van der Waals surface area contributed by atoms with Gasteiger partial charge in [0.15, 0.2) is 0 Å². The fourth-order valence-electron chi connectivity index (χ4n) is 1.69. The molecule has 1 fully saturated rings. The number of alkyl halides is 3. The van der Waals surface area contributed by atoms with Crippen LogP contribution in [0.2, 0.25) is 0 Å². The van der Waals surface area contributed by atoms with Gasteiger partial charge >= 0.3 is 17.5 Å². The number of hydrogen-bond donors (Lipinski definition) is 2. The van der Waals surface area contributed by atoms with Gasteiger partial charge in [0.2, 0.25) is 0 Å². The molecule has 0 radical (unpaired) electrons. The largest absolute Gasteiger partial charge is 0.480 e. The van der Waals surface area contributed by atoms with Gasteiger partial charge in [0, 0.05) is 18.8 Å². The Kier molecular flexibility index (Phi) is 5.12. The lowest BCUT2D eigenvalue weighted by Gasteiger charge is -2.21. The highest BCUT2D eigenvalue weighted by atomic mass is 32.2. The first kappa shape index (κ1) is 14.9. The Morgan fingerprint density at radius 3 is 2.67 bits per heavy atom. The molecular formula is C9H13F3N2O3S. The summed E-state index contributed by atoms with van der Waals surface area (Å²) in [5.41, 5.74) is -4.32. The molecule has 0 aromatic carbocycles. The summed E-state index contributed by atoms with van der Waals surface area (Å²) in [6.07, 6.45) is 0.960. The van der Waals surface area contributed by atoms with Crippen molar-refractivity contribution in [3.8, 4) is 0 Å². The molecule has 0 aromatic rings. The Labute approximate surface area is 106 Å². The summed E-state index contributed by atoms with van der Waals surface area (Å²) < 4.78 is 35.4. The molecule has 2 N–H and O–H groups in total. The maximum atomic E-state index is 11.8. The zero-order chi connectivity index (χ0) is 13.8.